The van der Waals surface area contributed by atoms with Gasteiger partial charge in [-0.2, -0.15) is 8.61 Å². The van der Waals surface area contributed by atoms with Crippen LogP contribution < -0.4 is 10.1 Å². The topological polar surface area (TPSA) is 96.0 Å². The molecule has 0 spiro atoms. The molecule has 2 fully saturated rings. The molecule has 1 saturated carbocycles. The minimum atomic E-state index is -3.78. The average molecular weight is 432 g/mol. The molecular weight excluding hydrogens is 402 g/mol. The zero-order valence-corrected chi connectivity index (χ0v) is 17.8. The van der Waals surface area contributed by atoms with Crippen LogP contribution in [0.4, 0.5) is 0 Å². The molecule has 0 atom stereocenters. The number of rotatable bonds is 8. The highest BCUT2D eigenvalue weighted by Gasteiger charge is 2.35. The van der Waals surface area contributed by atoms with Crippen molar-refractivity contribution in [3.63, 3.8) is 0 Å². The Bertz CT molecular complexity index is 844. The maximum absolute atomic E-state index is 13.3. The van der Waals surface area contributed by atoms with E-state index < -0.39 is 20.0 Å². The number of nitrogens with one attached hydrogen (secondary N) is 1. The SMILES string of the molecule is COc1ccc(S(=O)(=O)N(CCS(=O)(=O)N2CCNCC2)C2CCCC2)cc1. The van der Waals surface area contributed by atoms with E-state index in [-0.39, 0.29) is 23.2 Å². The first-order chi connectivity index (χ1) is 13.3. The molecule has 1 aliphatic heterocycles. The Hall–Kier alpha value is -1.20. The fraction of sp³-hybridized carbons (Fsp3) is 0.667. The first-order valence-electron chi connectivity index (χ1n) is 9.69. The summed E-state index contributed by atoms with van der Waals surface area (Å²) < 4.78 is 59.9. The fourth-order valence-electron chi connectivity index (χ4n) is 3.83. The van der Waals surface area contributed by atoms with Gasteiger partial charge < -0.3 is 10.1 Å². The van der Waals surface area contributed by atoms with Crippen LogP contribution in [-0.4, -0.2) is 77.1 Å². The number of hydrogen-bond donors (Lipinski definition) is 1. The van der Waals surface area contributed by atoms with Crippen molar-refractivity contribution in [3.05, 3.63) is 24.3 Å². The minimum absolute atomic E-state index is 0.0225. The Balaban J connectivity index is 1.80. The highest BCUT2D eigenvalue weighted by Crippen LogP contribution is 2.29. The number of ether oxygens (including phenoxy) is 1. The Morgan fingerprint density at radius 2 is 1.68 bits per heavy atom. The highest BCUT2D eigenvalue weighted by atomic mass is 32.2. The fourth-order valence-corrected chi connectivity index (χ4v) is 7.06. The number of piperazine rings is 1. The summed E-state index contributed by atoms with van der Waals surface area (Å²) in [6, 6.07) is 6.10. The molecule has 0 unspecified atom stereocenters. The number of hydrogen-bond acceptors (Lipinski definition) is 6. The van der Waals surface area contributed by atoms with E-state index in [1.54, 1.807) is 12.1 Å². The Labute approximate surface area is 168 Å². The molecule has 8 nitrogen and oxygen atoms in total. The third-order valence-electron chi connectivity index (χ3n) is 5.44. The molecule has 1 N–H and O–H groups in total. The second-order valence-corrected chi connectivity index (χ2v) is 11.2. The number of nitrogens with zero attached hydrogens (tertiary/aromatic N) is 2. The van der Waals surface area contributed by atoms with Gasteiger partial charge in [-0.05, 0) is 37.1 Å². The van der Waals surface area contributed by atoms with Crippen molar-refractivity contribution in [2.24, 2.45) is 0 Å². The van der Waals surface area contributed by atoms with Crippen molar-refractivity contribution in [1.29, 1.82) is 0 Å². The summed E-state index contributed by atoms with van der Waals surface area (Å²) in [5.74, 6) is 0.381. The van der Waals surface area contributed by atoms with Gasteiger partial charge in [-0.15, -0.1) is 0 Å². The monoisotopic (exact) mass is 431 g/mol. The normalized spacial score (nSPS) is 19.9. The molecular formula is C18H29N3O5S2. The molecule has 28 heavy (non-hydrogen) atoms. The van der Waals surface area contributed by atoms with Gasteiger partial charge in [0, 0.05) is 38.8 Å². The van der Waals surface area contributed by atoms with Gasteiger partial charge in [-0.3, -0.25) is 0 Å². The lowest BCUT2D eigenvalue weighted by molar-refractivity contribution is 0.327. The van der Waals surface area contributed by atoms with Crippen molar-refractivity contribution >= 4 is 20.0 Å². The van der Waals surface area contributed by atoms with Crippen LogP contribution in [0.1, 0.15) is 25.7 Å². The molecule has 10 heteroatoms. The Kier molecular flexibility index (Phi) is 6.98. The molecule has 0 amide bonds. The zero-order valence-electron chi connectivity index (χ0n) is 16.2. The largest absolute Gasteiger partial charge is 0.497 e. The van der Waals surface area contributed by atoms with Gasteiger partial charge in [0.1, 0.15) is 5.75 Å². The highest BCUT2D eigenvalue weighted by molar-refractivity contribution is 7.90. The summed E-state index contributed by atoms with van der Waals surface area (Å²) >= 11 is 0. The first-order valence-corrected chi connectivity index (χ1v) is 12.7. The van der Waals surface area contributed by atoms with E-state index in [1.807, 2.05) is 0 Å². The lowest BCUT2D eigenvalue weighted by atomic mass is 10.2. The second-order valence-electron chi connectivity index (χ2n) is 7.19. The minimum Gasteiger partial charge on any atom is -0.497 e. The molecule has 1 saturated heterocycles. The van der Waals surface area contributed by atoms with Crippen molar-refractivity contribution < 1.29 is 21.6 Å². The third kappa shape index (κ3) is 4.85. The van der Waals surface area contributed by atoms with Crippen LogP contribution in [0.2, 0.25) is 0 Å². The maximum Gasteiger partial charge on any atom is 0.243 e. The zero-order chi connectivity index (χ0) is 20.2. The van der Waals surface area contributed by atoms with Crippen molar-refractivity contribution in [2.45, 2.75) is 36.6 Å². The molecule has 1 aromatic rings. The number of benzene rings is 1. The Morgan fingerprint density at radius 1 is 1.07 bits per heavy atom. The predicted molar refractivity (Wildman–Crippen MR) is 107 cm³/mol. The van der Waals surface area contributed by atoms with Gasteiger partial charge in [-0.25, -0.2) is 16.8 Å². The standard InChI is InChI=1S/C18H29N3O5S2/c1-26-17-6-8-18(9-7-17)28(24,25)21(16-4-2-3-5-16)14-15-27(22,23)20-12-10-19-11-13-20/h6-9,16,19H,2-5,10-15H2,1H3. The number of sulfonamides is 2. The van der Waals surface area contributed by atoms with Crippen LogP contribution in [0.25, 0.3) is 0 Å². The molecule has 158 valence electrons. The smallest absolute Gasteiger partial charge is 0.243 e. The van der Waals surface area contributed by atoms with Crippen LogP contribution in [-0.2, 0) is 20.0 Å². The second kappa shape index (κ2) is 9.08. The third-order valence-corrected chi connectivity index (χ3v) is 9.25. The molecule has 0 bridgehead atoms. The lowest BCUT2D eigenvalue weighted by Crippen LogP contribution is -2.49. The molecule has 3 rings (SSSR count). The number of methoxy groups -OCH3 is 1. The summed E-state index contributed by atoms with van der Waals surface area (Å²) in [6.07, 6.45) is 3.46. The van der Waals surface area contributed by atoms with Crippen LogP contribution in [0.3, 0.4) is 0 Å². The van der Waals surface area contributed by atoms with Crippen LogP contribution in [0.15, 0.2) is 29.2 Å². The van der Waals surface area contributed by atoms with Gasteiger partial charge in [0.15, 0.2) is 0 Å². The summed E-state index contributed by atoms with van der Waals surface area (Å²) in [5.41, 5.74) is 0. The summed E-state index contributed by atoms with van der Waals surface area (Å²) in [6.45, 7) is 2.07. The van der Waals surface area contributed by atoms with E-state index >= 15 is 0 Å². The summed E-state index contributed by atoms with van der Waals surface area (Å²) in [5, 5.41) is 3.13. The average Bonchev–Trinajstić information content (AvgIpc) is 3.23. The molecule has 2 aliphatic rings. The molecule has 0 aromatic heterocycles. The van der Waals surface area contributed by atoms with Gasteiger partial charge in [0.05, 0.1) is 17.8 Å². The molecule has 0 radical (unpaired) electrons. The van der Waals surface area contributed by atoms with Crippen molar-refractivity contribution in [1.82, 2.24) is 13.9 Å². The van der Waals surface area contributed by atoms with Gasteiger partial charge in [0.25, 0.3) is 0 Å². The van der Waals surface area contributed by atoms with Gasteiger partial charge >= 0.3 is 0 Å². The van der Waals surface area contributed by atoms with Crippen LogP contribution in [0, 0.1) is 0 Å². The summed E-state index contributed by atoms with van der Waals surface area (Å²) in [7, 11) is -5.75. The summed E-state index contributed by atoms with van der Waals surface area (Å²) in [4.78, 5) is 0.166. The van der Waals surface area contributed by atoms with E-state index in [9.17, 15) is 16.8 Å². The maximum atomic E-state index is 13.3. The Morgan fingerprint density at radius 3 is 2.25 bits per heavy atom. The van der Waals surface area contributed by atoms with Crippen LogP contribution >= 0.6 is 0 Å². The van der Waals surface area contributed by atoms with Crippen molar-refractivity contribution in [2.75, 3.05) is 45.6 Å². The van der Waals surface area contributed by atoms with Crippen LogP contribution in [0.5, 0.6) is 5.75 Å². The van der Waals surface area contributed by atoms with Gasteiger partial charge in [-0.1, -0.05) is 12.8 Å². The van der Waals surface area contributed by atoms with E-state index in [0.717, 1.165) is 25.7 Å². The van der Waals surface area contributed by atoms with Gasteiger partial charge in [0.2, 0.25) is 20.0 Å². The van der Waals surface area contributed by atoms with E-state index in [0.29, 0.717) is 31.9 Å². The first kappa shape index (κ1) is 21.5. The van der Waals surface area contributed by atoms with E-state index in [2.05, 4.69) is 5.32 Å². The van der Waals surface area contributed by atoms with E-state index in [1.165, 1.54) is 27.9 Å². The quantitative estimate of drug-likeness (QED) is 0.656. The van der Waals surface area contributed by atoms with Crippen molar-refractivity contribution in [3.8, 4) is 5.75 Å². The molecule has 1 aromatic carbocycles. The lowest BCUT2D eigenvalue weighted by Gasteiger charge is -2.30. The molecule has 1 heterocycles. The molecule has 1 aliphatic carbocycles. The predicted octanol–water partition coefficient (Wildman–Crippen LogP) is 0.864. The van der Waals surface area contributed by atoms with E-state index in [4.69, 9.17) is 4.74 Å².